The van der Waals surface area contributed by atoms with Crippen molar-refractivity contribution in [3.63, 3.8) is 0 Å². The Bertz CT molecular complexity index is 1160. The highest BCUT2D eigenvalue weighted by atomic mass is 32.2. The molecule has 184 valence electrons. The lowest BCUT2D eigenvalue weighted by atomic mass is 9.99. The van der Waals surface area contributed by atoms with Gasteiger partial charge in [0.25, 0.3) is 0 Å². The van der Waals surface area contributed by atoms with Gasteiger partial charge in [-0.25, -0.2) is 9.10 Å². The van der Waals surface area contributed by atoms with E-state index in [1.807, 2.05) is 14.0 Å². The molecule has 0 radical (unpaired) electrons. The van der Waals surface area contributed by atoms with Gasteiger partial charge in [0.1, 0.15) is 0 Å². The number of urea groups is 1. The molecular weight excluding hydrogens is 456 g/mol. The number of carbonyl (C=O) groups excluding carboxylic acids is 1. The van der Waals surface area contributed by atoms with Crippen LogP contribution in [0.5, 0.6) is 0 Å². The summed E-state index contributed by atoms with van der Waals surface area (Å²) in [4.78, 5) is 13.2. The van der Waals surface area contributed by atoms with Crippen LogP contribution in [0, 0.1) is 12.1 Å². The van der Waals surface area contributed by atoms with Gasteiger partial charge in [0, 0.05) is 32.2 Å². The highest BCUT2D eigenvalue weighted by molar-refractivity contribution is 7.86. The minimum Gasteiger partial charge on any atom is -0.608 e. The molecule has 2 N–H and O–H groups in total. The van der Waals surface area contributed by atoms with Crippen LogP contribution in [0.2, 0.25) is 0 Å². The lowest BCUT2D eigenvalue weighted by Crippen LogP contribution is -3.14. The number of anilines is 2. The summed E-state index contributed by atoms with van der Waals surface area (Å²) in [5.74, 6) is 0. The van der Waals surface area contributed by atoms with E-state index in [-0.39, 0.29) is 0 Å². The van der Waals surface area contributed by atoms with Crippen molar-refractivity contribution in [3.8, 4) is 0 Å². The first-order valence-electron chi connectivity index (χ1n) is 12.0. The van der Waals surface area contributed by atoms with E-state index >= 15 is 0 Å². The molecule has 2 heterocycles. The number of amides is 2. The Kier molecular flexibility index (Phi) is 6.18. The van der Waals surface area contributed by atoms with Crippen molar-refractivity contribution in [1.82, 2.24) is 4.57 Å². The molecule has 1 aromatic heterocycles. The molecule has 9 nitrogen and oxygen atoms in total. The fourth-order valence-electron chi connectivity index (χ4n) is 5.58. The number of nitrogens with one attached hydrogen (secondary N) is 2. The third kappa shape index (κ3) is 4.02. The van der Waals surface area contributed by atoms with Crippen LogP contribution in [0.1, 0.15) is 53.6 Å². The van der Waals surface area contributed by atoms with E-state index in [9.17, 15) is 18.4 Å². The summed E-state index contributed by atoms with van der Waals surface area (Å²) in [7, 11) is -2.77. The molecule has 1 aliphatic heterocycles. The lowest BCUT2D eigenvalue weighted by molar-refractivity contribution is -0.604. The fourth-order valence-corrected chi connectivity index (χ4v) is 7.02. The number of hydrogen-bond donors (Lipinski definition) is 2. The van der Waals surface area contributed by atoms with Crippen molar-refractivity contribution < 1.29 is 22.4 Å². The molecular formula is C24H32N4O5S. The maximum atomic E-state index is 13.6. The zero-order chi connectivity index (χ0) is 24.0. The van der Waals surface area contributed by atoms with Crippen LogP contribution in [0.25, 0.3) is 0 Å². The predicted molar refractivity (Wildman–Crippen MR) is 129 cm³/mol. The third-order valence-corrected chi connectivity index (χ3v) is 9.09. The van der Waals surface area contributed by atoms with Gasteiger partial charge in [-0.15, -0.1) is 0 Å². The summed E-state index contributed by atoms with van der Waals surface area (Å²) < 4.78 is 34.2. The van der Waals surface area contributed by atoms with Crippen LogP contribution in [-0.2, 0) is 47.7 Å². The predicted octanol–water partition coefficient (Wildman–Crippen LogP) is 2.16. The molecule has 2 amide bonds. The molecule has 3 aliphatic rings. The van der Waals surface area contributed by atoms with Gasteiger partial charge in [-0.2, -0.15) is 12.9 Å². The quantitative estimate of drug-likeness (QED) is 0.627. The molecule has 2 aromatic rings. The minimum atomic E-state index is -4.59. The van der Waals surface area contributed by atoms with Gasteiger partial charge in [0.05, 0.1) is 17.4 Å². The standard InChI is InChI=1S/C24H32N4O5S/c1-16-13-20(15-26(16)2)27(19-9-11-33-12-10-19)34(31,32)28(30)24(29)25-23-21-7-3-5-17(21)14-18-6-4-8-22(18)23/h13-15,19,28H,3-12H2,1-2H3,(H,25,29). The lowest BCUT2D eigenvalue weighted by Gasteiger charge is -2.35. The van der Waals surface area contributed by atoms with Crippen molar-refractivity contribution >= 4 is 27.6 Å². The number of fused-ring (bicyclic) bond motifs is 2. The normalized spacial score (nSPS) is 19.0. The van der Waals surface area contributed by atoms with Crippen molar-refractivity contribution in [2.24, 2.45) is 7.05 Å². The summed E-state index contributed by atoms with van der Waals surface area (Å²) in [5, 5.41) is 16.0. The van der Waals surface area contributed by atoms with Crippen molar-refractivity contribution in [2.75, 3.05) is 22.8 Å². The number of aryl methyl sites for hydroxylation is 4. The number of aromatic nitrogens is 1. The van der Waals surface area contributed by atoms with Gasteiger partial charge in [0.2, 0.25) is 0 Å². The summed E-state index contributed by atoms with van der Waals surface area (Å²) in [5.41, 5.74) is 6.44. The Morgan fingerprint density at radius 1 is 1.12 bits per heavy atom. The van der Waals surface area contributed by atoms with Crippen LogP contribution in [-0.4, -0.2) is 38.3 Å². The molecule has 5 rings (SSSR count). The summed E-state index contributed by atoms with van der Waals surface area (Å²) >= 11 is 0. The van der Waals surface area contributed by atoms with Gasteiger partial charge in [-0.1, -0.05) is 6.07 Å². The minimum absolute atomic E-state index is 0.398. The van der Waals surface area contributed by atoms with E-state index in [4.69, 9.17) is 4.74 Å². The number of hydroxylamine groups is 1. The molecule has 34 heavy (non-hydrogen) atoms. The maximum Gasteiger partial charge on any atom is 0.436 e. The van der Waals surface area contributed by atoms with Gasteiger partial charge >= 0.3 is 16.2 Å². The topological polar surface area (TPSA) is 108 Å². The Hall–Kier alpha value is -2.40. The molecule has 1 saturated heterocycles. The molecule has 10 heteroatoms. The zero-order valence-corrected chi connectivity index (χ0v) is 20.5. The Labute approximate surface area is 200 Å². The highest BCUT2D eigenvalue weighted by Crippen LogP contribution is 2.38. The largest absolute Gasteiger partial charge is 0.608 e. The first-order valence-corrected chi connectivity index (χ1v) is 13.5. The number of carbonyl (C=O) groups is 1. The average molecular weight is 489 g/mol. The van der Waals surface area contributed by atoms with Crippen LogP contribution in [0.3, 0.4) is 0 Å². The molecule has 0 spiro atoms. The maximum absolute atomic E-state index is 13.6. The Balaban J connectivity index is 1.47. The number of rotatable bonds is 5. The van der Waals surface area contributed by atoms with Gasteiger partial charge < -0.3 is 14.5 Å². The zero-order valence-electron chi connectivity index (χ0n) is 19.7. The van der Waals surface area contributed by atoms with E-state index in [0.29, 0.717) is 37.4 Å². The number of quaternary nitrogens is 1. The Morgan fingerprint density at radius 3 is 2.29 bits per heavy atom. The number of ether oxygens (including phenoxy) is 1. The second kappa shape index (κ2) is 8.99. The van der Waals surface area contributed by atoms with Crippen LogP contribution >= 0.6 is 0 Å². The van der Waals surface area contributed by atoms with Gasteiger partial charge in [-0.05, 0) is 86.6 Å². The summed E-state index contributed by atoms with van der Waals surface area (Å²) in [6.45, 7) is 2.68. The monoisotopic (exact) mass is 488 g/mol. The molecule has 1 fully saturated rings. The third-order valence-electron chi connectivity index (χ3n) is 7.41. The molecule has 0 bridgehead atoms. The van der Waals surface area contributed by atoms with Crippen molar-refractivity contribution in [1.29, 1.82) is 0 Å². The highest BCUT2D eigenvalue weighted by Gasteiger charge is 2.40. The molecule has 1 unspecified atom stereocenters. The first kappa shape index (κ1) is 23.3. The molecule has 1 aromatic carbocycles. The van der Waals surface area contributed by atoms with Crippen LogP contribution in [0.4, 0.5) is 16.2 Å². The number of hydrogen-bond acceptors (Lipinski definition) is 5. The fraction of sp³-hybridized carbons (Fsp3) is 0.542. The smallest absolute Gasteiger partial charge is 0.436 e. The summed E-state index contributed by atoms with van der Waals surface area (Å²) in [6, 6.07) is 2.43. The second-order valence-corrected chi connectivity index (χ2v) is 11.3. The van der Waals surface area contributed by atoms with Crippen molar-refractivity contribution in [3.05, 3.63) is 51.5 Å². The number of benzene rings is 1. The van der Waals surface area contributed by atoms with E-state index in [0.717, 1.165) is 59.7 Å². The van der Waals surface area contributed by atoms with E-state index in [1.54, 1.807) is 16.8 Å². The molecule has 1 atom stereocenters. The summed E-state index contributed by atoms with van der Waals surface area (Å²) in [6.07, 6.45) is 8.16. The van der Waals surface area contributed by atoms with Gasteiger partial charge in [-0.3, -0.25) is 5.32 Å². The van der Waals surface area contributed by atoms with E-state index in [2.05, 4.69) is 11.4 Å². The van der Waals surface area contributed by atoms with E-state index in [1.165, 1.54) is 11.1 Å². The van der Waals surface area contributed by atoms with Crippen LogP contribution in [0.15, 0.2) is 18.3 Å². The average Bonchev–Trinajstić information content (AvgIpc) is 3.54. The Morgan fingerprint density at radius 2 is 1.74 bits per heavy atom. The molecule has 2 aliphatic carbocycles. The molecule has 0 saturated carbocycles. The SMILES string of the molecule is Cc1cc(N(C2CCOCC2)S(=O)(=O)[NH+]([O-])C(=O)Nc2c3c(cc4c2CCC4)CCC3)cn1C. The van der Waals surface area contributed by atoms with Crippen LogP contribution < -0.4 is 14.1 Å². The number of nitrogens with zero attached hydrogens (tertiary/aromatic N) is 2. The van der Waals surface area contributed by atoms with E-state index < -0.39 is 26.8 Å². The second-order valence-electron chi connectivity index (χ2n) is 9.57. The van der Waals surface area contributed by atoms with Gasteiger partial charge in [0.15, 0.2) is 0 Å². The van der Waals surface area contributed by atoms with Crippen molar-refractivity contribution in [2.45, 2.75) is 64.3 Å². The first-order chi connectivity index (χ1) is 16.3.